The molecule has 0 fully saturated rings. The molecule has 0 amide bonds. The summed E-state index contributed by atoms with van der Waals surface area (Å²) in [6.45, 7) is 5.97. The Labute approximate surface area is 106 Å². The fourth-order valence-corrected chi connectivity index (χ4v) is 2.24. The lowest BCUT2D eigenvalue weighted by molar-refractivity contribution is 0.141. The van der Waals surface area contributed by atoms with Crippen LogP contribution in [0.25, 0.3) is 11.0 Å². The van der Waals surface area contributed by atoms with Crippen LogP contribution in [0.1, 0.15) is 42.8 Å². The summed E-state index contributed by atoms with van der Waals surface area (Å²) in [6.07, 6.45) is 1.12. The van der Waals surface area contributed by atoms with Gasteiger partial charge in [-0.2, -0.15) is 0 Å². The van der Waals surface area contributed by atoms with Crippen molar-refractivity contribution in [2.45, 2.75) is 39.7 Å². The van der Waals surface area contributed by atoms with Crippen LogP contribution in [0.5, 0.6) is 0 Å². The summed E-state index contributed by atoms with van der Waals surface area (Å²) in [5.41, 5.74) is 2.82. The first-order valence-corrected chi connectivity index (χ1v) is 6.29. The first-order valence-electron chi connectivity index (χ1n) is 5.91. The number of benzene rings is 1. The molecule has 0 saturated heterocycles. The van der Waals surface area contributed by atoms with Gasteiger partial charge in [0.05, 0.1) is 0 Å². The van der Waals surface area contributed by atoms with Crippen molar-refractivity contribution in [2.24, 2.45) is 0 Å². The molecule has 92 valence electrons. The molecule has 1 atom stereocenters. The Morgan fingerprint density at radius 2 is 2.06 bits per heavy atom. The van der Waals surface area contributed by atoms with Crippen LogP contribution in [0.2, 0.25) is 5.02 Å². The van der Waals surface area contributed by atoms with Crippen LogP contribution in [-0.2, 0) is 0 Å². The molecule has 17 heavy (non-hydrogen) atoms. The summed E-state index contributed by atoms with van der Waals surface area (Å²) in [7, 11) is 0. The van der Waals surface area contributed by atoms with Gasteiger partial charge in [0.2, 0.25) is 0 Å². The van der Waals surface area contributed by atoms with Crippen molar-refractivity contribution in [3.05, 3.63) is 34.0 Å². The van der Waals surface area contributed by atoms with Gasteiger partial charge in [-0.15, -0.1) is 0 Å². The summed E-state index contributed by atoms with van der Waals surface area (Å²) in [5, 5.41) is 11.7. The summed E-state index contributed by atoms with van der Waals surface area (Å²) in [5.74, 6) is 0.631. The van der Waals surface area contributed by atoms with E-state index in [1.165, 1.54) is 0 Å². The van der Waals surface area contributed by atoms with E-state index in [0.717, 1.165) is 33.5 Å². The van der Waals surface area contributed by atoms with Gasteiger partial charge in [-0.1, -0.05) is 24.9 Å². The second-order valence-corrected chi connectivity index (χ2v) is 4.88. The molecule has 1 aromatic heterocycles. The average molecular weight is 253 g/mol. The molecule has 3 heteroatoms. The minimum Gasteiger partial charge on any atom is -0.458 e. The monoisotopic (exact) mass is 252 g/mol. The number of aliphatic hydroxyl groups is 1. The predicted octanol–water partition coefficient (Wildman–Crippen LogP) is 4.54. The highest BCUT2D eigenvalue weighted by Crippen LogP contribution is 2.33. The first-order chi connectivity index (χ1) is 8.04. The summed E-state index contributed by atoms with van der Waals surface area (Å²) < 4.78 is 5.69. The Balaban J connectivity index is 2.54. The predicted molar refractivity (Wildman–Crippen MR) is 70.6 cm³/mol. The zero-order chi connectivity index (χ0) is 12.6. The number of halogens is 1. The second-order valence-electron chi connectivity index (χ2n) is 4.50. The van der Waals surface area contributed by atoms with E-state index in [-0.39, 0.29) is 0 Å². The van der Waals surface area contributed by atoms with Crippen LogP contribution in [0.15, 0.2) is 16.5 Å². The second kappa shape index (κ2) is 4.71. The Morgan fingerprint density at radius 1 is 1.35 bits per heavy atom. The number of hydrogen-bond donors (Lipinski definition) is 1. The van der Waals surface area contributed by atoms with E-state index < -0.39 is 6.10 Å². The molecule has 0 radical (unpaired) electrons. The standard InChI is InChI=1S/C14H17ClO2/c1-4-5-11(16)13-7-10-9(3)14(15)8(2)6-12(10)17-13/h6-7,11,16H,4-5H2,1-3H3. The van der Waals surface area contributed by atoms with E-state index >= 15 is 0 Å². The minimum absolute atomic E-state index is 0.522. The van der Waals surface area contributed by atoms with Crippen LogP contribution in [0.4, 0.5) is 0 Å². The van der Waals surface area contributed by atoms with Crippen molar-refractivity contribution >= 4 is 22.6 Å². The van der Waals surface area contributed by atoms with E-state index in [4.69, 9.17) is 16.0 Å². The number of aliphatic hydroxyl groups excluding tert-OH is 1. The molecular weight excluding hydrogens is 236 g/mol. The smallest absolute Gasteiger partial charge is 0.135 e. The fourth-order valence-electron chi connectivity index (χ4n) is 2.08. The third-order valence-electron chi connectivity index (χ3n) is 3.10. The molecule has 0 bridgehead atoms. The van der Waals surface area contributed by atoms with Crippen LogP contribution in [0, 0.1) is 13.8 Å². The molecule has 1 heterocycles. The number of furan rings is 1. The average Bonchev–Trinajstić information content (AvgIpc) is 2.70. The summed E-state index contributed by atoms with van der Waals surface area (Å²) in [4.78, 5) is 0. The summed E-state index contributed by atoms with van der Waals surface area (Å²) >= 11 is 6.20. The largest absolute Gasteiger partial charge is 0.458 e. The lowest BCUT2D eigenvalue weighted by atomic mass is 10.1. The highest BCUT2D eigenvalue weighted by Gasteiger charge is 2.15. The van der Waals surface area contributed by atoms with E-state index in [9.17, 15) is 5.11 Å². The first kappa shape index (κ1) is 12.5. The molecule has 0 aliphatic heterocycles. The van der Waals surface area contributed by atoms with Gasteiger partial charge >= 0.3 is 0 Å². The molecule has 2 rings (SSSR count). The van der Waals surface area contributed by atoms with Gasteiger partial charge in [-0.05, 0) is 43.5 Å². The number of fused-ring (bicyclic) bond motifs is 1. The maximum atomic E-state index is 9.92. The van der Waals surface area contributed by atoms with Crippen molar-refractivity contribution < 1.29 is 9.52 Å². The third kappa shape index (κ3) is 2.20. The zero-order valence-electron chi connectivity index (χ0n) is 10.4. The van der Waals surface area contributed by atoms with Crippen LogP contribution >= 0.6 is 11.6 Å². The SMILES string of the molecule is CCCC(O)c1cc2c(C)c(Cl)c(C)cc2o1. The summed E-state index contributed by atoms with van der Waals surface area (Å²) in [6, 6.07) is 3.82. The Hall–Kier alpha value is -0.990. The van der Waals surface area contributed by atoms with Crippen molar-refractivity contribution in [1.82, 2.24) is 0 Å². The topological polar surface area (TPSA) is 33.4 Å². The molecule has 0 saturated carbocycles. The third-order valence-corrected chi connectivity index (χ3v) is 3.68. The molecule has 0 aliphatic carbocycles. The highest BCUT2D eigenvalue weighted by molar-refractivity contribution is 6.33. The van der Waals surface area contributed by atoms with E-state index in [0.29, 0.717) is 12.2 Å². The fraction of sp³-hybridized carbons (Fsp3) is 0.429. The Kier molecular flexibility index (Phi) is 3.45. The maximum absolute atomic E-state index is 9.92. The van der Waals surface area contributed by atoms with Crippen molar-refractivity contribution in [3.8, 4) is 0 Å². The van der Waals surface area contributed by atoms with Crippen molar-refractivity contribution in [1.29, 1.82) is 0 Å². The highest BCUT2D eigenvalue weighted by atomic mass is 35.5. The van der Waals surface area contributed by atoms with Crippen LogP contribution in [0.3, 0.4) is 0 Å². The minimum atomic E-state index is -0.522. The van der Waals surface area contributed by atoms with E-state index in [1.807, 2.05) is 32.9 Å². The molecular formula is C14H17ClO2. The lowest BCUT2D eigenvalue weighted by Crippen LogP contribution is -1.93. The van der Waals surface area contributed by atoms with Gasteiger partial charge in [0.15, 0.2) is 0 Å². The Bertz CT molecular complexity index is 543. The molecule has 1 unspecified atom stereocenters. The van der Waals surface area contributed by atoms with Gasteiger partial charge in [0, 0.05) is 10.4 Å². The van der Waals surface area contributed by atoms with Crippen molar-refractivity contribution in [2.75, 3.05) is 0 Å². The molecule has 1 N–H and O–H groups in total. The maximum Gasteiger partial charge on any atom is 0.135 e. The number of rotatable bonds is 3. The zero-order valence-corrected chi connectivity index (χ0v) is 11.1. The van der Waals surface area contributed by atoms with Gasteiger partial charge in [0.1, 0.15) is 17.4 Å². The molecule has 2 nitrogen and oxygen atoms in total. The van der Waals surface area contributed by atoms with Gasteiger partial charge in [-0.3, -0.25) is 0 Å². The quantitative estimate of drug-likeness (QED) is 0.870. The van der Waals surface area contributed by atoms with Gasteiger partial charge in [0.25, 0.3) is 0 Å². The molecule has 1 aromatic carbocycles. The Morgan fingerprint density at radius 3 is 2.71 bits per heavy atom. The molecule has 0 aliphatic rings. The number of hydrogen-bond acceptors (Lipinski definition) is 2. The molecule has 0 spiro atoms. The van der Waals surface area contributed by atoms with Gasteiger partial charge in [-0.25, -0.2) is 0 Å². The normalized spacial score (nSPS) is 13.2. The number of aryl methyl sites for hydroxylation is 2. The van der Waals surface area contributed by atoms with E-state index in [1.54, 1.807) is 0 Å². The van der Waals surface area contributed by atoms with Crippen LogP contribution in [-0.4, -0.2) is 5.11 Å². The van der Waals surface area contributed by atoms with Gasteiger partial charge < -0.3 is 9.52 Å². The van der Waals surface area contributed by atoms with Crippen LogP contribution < -0.4 is 0 Å². The van der Waals surface area contributed by atoms with Crippen molar-refractivity contribution in [3.63, 3.8) is 0 Å². The lowest BCUT2D eigenvalue weighted by Gasteiger charge is -2.03. The van der Waals surface area contributed by atoms with E-state index in [2.05, 4.69) is 0 Å². The molecule has 2 aromatic rings.